The van der Waals surface area contributed by atoms with Crippen molar-refractivity contribution in [2.45, 2.75) is 32.4 Å². The van der Waals surface area contributed by atoms with Crippen LogP contribution in [0.4, 0.5) is 0 Å². The predicted octanol–water partition coefficient (Wildman–Crippen LogP) is 2.62. The standard InChI is InChI=1S/C14H21ClN2O/c1-2-17-8-6-12(7-9-17)16-10-11-4-3-5-13(15)14(11)18/h3-5,12,16,18H,2,6-10H2,1H3. The van der Waals surface area contributed by atoms with E-state index in [-0.39, 0.29) is 5.75 Å². The lowest BCUT2D eigenvalue weighted by Crippen LogP contribution is -2.42. The largest absolute Gasteiger partial charge is 0.506 e. The van der Waals surface area contributed by atoms with Gasteiger partial charge in [0.2, 0.25) is 0 Å². The number of hydrogen-bond acceptors (Lipinski definition) is 3. The Morgan fingerprint density at radius 2 is 2.11 bits per heavy atom. The van der Waals surface area contributed by atoms with Crippen LogP contribution in [0, 0.1) is 0 Å². The second kappa shape index (κ2) is 6.41. The number of nitrogens with one attached hydrogen (secondary N) is 1. The Labute approximate surface area is 114 Å². The zero-order valence-electron chi connectivity index (χ0n) is 10.8. The van der Waals surface area contributed by atoms with Gasteiger partial charge in [-0.1, -0.05) is 30.7 Å². The van der Waals surface area contributed by atoms with Crippen molar-refractivity contribution in [1.29, 1.82) is 0 Å². The predicted molar refractivity (Wildman–Crippen MR) is 75.1 cm³/mol. The summed E-state index contributed by atoms with van der Waals surface area (Å²) >= 11 is 5.89. The Bertz CT molecular complexity index is 389. The second-order valence-corrected chi connectivity index (χ2v) is 5.24. The van der Waals surface area contributed by atoms with E-state index in [1.807, 2.05) is 12.1 Å². The number of likely N-dealkylation sites (tertiary alicyclic amines) is 1. The third-order valence-corrected chi connectivity index (χ3v) is 3.99. The lowest BCUT2D eigenvalue weighted by Gasteiger charge is -2.31. The Morgan fingerprint density at radius 1 is 1.39 bits per heavy atom. The summed E-state index contributed by atoms with van der Waals surface area (Å²) in [5.41, 5.74) is 0.875. The van der Waals surface area contributed by atoms with Crippen LogP contribution in [0.2, 0.25) is 5.02 Å². The minimum absolute atomic E-state index is 0.206. The molecule has 0 spiro atoms. The number of hydrogen-bond donors (Lipinski definition) is 2. The van der Waals surface area contributed by atoms with E-state index in [9.17, 15) is 5.11 Å². The average molecular weight is 269 g/mol. The molecule has 1 aromatic carbocycles. The van der Waals surface area contributed by atoms with Gasteiger partial charge in [-0.15, -0.1) is 0 Å². The van der Waals surface area contributed by atoms with Crippen LogP contribution < -0.4 is 5.32 Å². The van der Waals surface area contributed by atoms with Crippen LogP contribution in [0.15, 0.2) is 18.2 Å². The molecule has 0 amide bonds. The highest BCUT2D eigenvalue weighted by Crippen LogP contribution is 2.27. The van der Waals surface area contributed by atoms with Crippen molar-refractivity contribution in [2.75, 3.05) is 19.6 Å². The quantitative estimate of drug-likeness (QED) is 0.881. The summed E-state index contributed by atoms with van der Waals surface area (Å²) in [5.74, 6) is 0.206. The molecule has 1 aliphatic heterocycles. The molecule has 3 nitrogen and oxygen atoms in total. The molecule has 0 bridgehead atoms. The van der Waals surface area contributed by atoms with Gasteiger partial charge in [-0.05, 0) is 38.5 Å². The third-order valence-electron chi connectivity index (χ3n) is 3.69. The Hall–Kier alpha value is -0.770. The molecule has 0 aliphatic carbocycles. The highest BCUT2D eigenvalue weighted by molar-refractivity contribution is 6.32. The first kappa shape index (κ1) is 13.7. The smallest absolute Gasteiger partial charge is 0.138 e. The molecule has 1 fully saturated rings. The molecule has 1 saturated heterocycles. The maximum atomic E-state index is 9.83. The maximum Gasteiger partial charge on any atom is 0.138 e. The highest BCUT2D eigenvalue weighted by Gasteiger charge is 2.17. The van der Waals surface area contributed by atoms with Crippen LogP contribution in [-0.2, 0) is 6.54 Å². The fourth-order valence-electron chi connectivity index (χ4n) is 2.41. The molecule has 18 heavy (non-hydrogen) atoms. The van der Waals surface area contributed by atoms with Crippen LogP contribution in [0.1, 0.15) is 25.3 Å². The van der Waals surface area contributed by atoms with Gasteiger partial charge >= 0.3 is 0 Å². The van der Waals surface area contributed by atoms with Crippen LogP contribution in [0.3, 0.4) is 0 Å². The zero-order valence-corrected chi connectivity index (χ0v) is 11.6. The molecule has 4 heteroatoms. The van der Waals surface area contributed by atoms with E-state index in [2.05, 4.69) is 17.1 Å². The average Bonchev–Trinajstić information content (AvgIpc) is 2.41. The summed E-state index contributed by atoms with van der Waals surface area (Å²) in [4.78, 5) is 2.47. The van der Waals surface area contributed by atoms with Crippen molar-refractivity contribution < 1.29 is 5.11 Å². The molecule has 0 saturated carbocycles. The van der Waals surface area contributed by atoms with E-state index in [1.54, 1.807) is 6.07 Å². The molecule has 0 unspecified atom stereocenters. The lowest BCUT2D eigenvalue weighted by atomic mass is 10.0. The van der Waals surface area contributed by atoms with Gasteiger partial charge < -0.3 is 15.3 Å². The summed E-state index contributed by atoms with van der Waals surface area (Å²) < 4.78 is 0. The van der Waals surface area contributed by atoms with E-state index in [0.29, 0.717) is 17.6 Å². The monoisotopic (exact) mass is 268 g/mol. The summed E-state index contributed by atoms with van der Waals surface area (Å²) in [5, 5.41) is 13.8. The molecular formula is C14H21ClN2O. The first-order valence-electron chi connectivity index (χ1n) is 6.62. The second-order valence-electron chi connectivity index (χ2n) is 4.84. The molecule has 0 radical (unpaired) electrons. The number of rotatable bonds is 4. The number of phenolic OH excluding ortho intramolecular Hbond substituents is 1. The van der Waals surface area contributed by atoms with Gasteiger partial charge in [0, 0.05) is 18.2 Å². The van der Waals surface area contributed by atoms with Gasteiger partial charge in [0.15, 0.2) is 0 Å². The fraction of sp³-hybridized carbons (Fsp3) is 0.571. The SMILES string of the molecule is CCN1CCC(NCc2cccc(Cl)c2O)CC1. The number of phenols is 1. The van der Waals surface area contributed by atoms with E-state index < -0.39 is 0 Å². The molecule has 0 aromatic heterocycles. The van der Waals surface area contributed by atoms with E-state index in [0.717, 1.165) is 25.2 Å². The van der Waals surface area contributed by atoms with Gasteiger partial charge in [0.1, 0.15) is 5.75 Å². The topological polar surface area (TPSA) is 35.5 Å². The summed E-state index contributed by atoms with van der Waals surface area (Å²) in [7, 11) is 0. The van der Waals surface area contributed by atoms with Gasteiger partial charge in [-0.25, -0.2) is 0 Å². The molecule has 1 heterocycles. The van der Waals surface area contributed by atoms with Gasteiger partial charge in [0.05, 0.1) is 5.02 Å². The van der Waals surface area contributed by atoms with Gasteiger partial charge in [0.25, 0.3) is 0 Å². The minimum atomic E-state index is 0.206. The number of piperidine rings is 1. The van der Waals surface area contributed by atoms with E-state index >= 15 is 0 Å². The van der Waals surface area contributed by atoms with Crippen molar-refractivity contribution in [3.05, 3.63) is 28.8 Å². The zero-order chi connectivity index (χ0) is 13.0. The van der Waals surface area contributed by atoms with Crippen LogP contribution >= 0.6 is 11.6 Å². The van der Waals surface area contributed by atoms with Crippen molar-refractivity contribution in [3.8, 4) is 5.75 Å². The van der Waals surface area contributed by atoms with Crippen molar-refractivity contribution >= 4 is 11.6 Å². The van der Waals surface area contributed by atoms with Gasteiger partial charge in [-0.2, -0.15) is 0 Å². The van der Waals surface area contributed by atoms with Crippen LogP contribution in [0.5, 0.6) is 5.75 Å². The molecule has 1 aromatic rings. The van der Waals surface area contributed by atoms with Crippen molar-refractivity contribution in [1.82, 2.24) is 10.2 Å². The van der Waals surface area contributed by atoms with Crippen molar-refractivity contribution in [2.24, 2.45) is 0 Å². The maximum absolute atomic E-state index is 9.83. The van der Waals surface area contributed by atoms with Crippen molar-refractivity contribution in [3.63, 3.8) is 0 Å². The highest BCUT2D eigenvalue weighted by atomic mass is 35.5. The number of halogens is 1. The molecule has 1 aliphatic rings. The summed E-state index contributed by atoms with van der Waals surface area (Å²) in [6.45, 7) is 6.36. The number of nitrogens with zero attached hydrogens (tertiary/aromatic N) is 1. The summed E-state index contributed by atoms with van der Waals surface area (Å²) in [6, 6.07) is 6.04. The minimum Gasteiger partial charge on any atom is -0.506 e. The first-order valence-corrected chi connectivity index (χ1v) is 7.00. The number of benzene rings is 1. The summed E-state index contributed by atoms with van der Waals surface area (Å²) in [6.07, 6.45) is 2.35. The number of aromatic hydroxyl groups is 1. The lowest BCUT2D eigenvalue weighted by molar-refractivity contribution is 0.205. The Kier molecular flexibility index (Phi) is 4.87. The Morgan fingerprint density at radius 3 is 2.78 bits per heavy atom. The third kappa shape index (κ3) is 3.37. The molecule has 2 N–H and O–H groups in total. The Balaban J connectivity index is 1.83. The normalized spacial score (nSPS) is 18.1. The molecule has 0 atom stereocenters. The molecule has 2 rings (SSSR count). The van der Waals surface area contributed by atoms with Crippen LogP contribution in [-0.4, -0.2) is 35.7 Å². The fourth-order valence-corrected chi connectivity index (χ4v) is 2.60. The number of para-hydroxylation sites is 1. The van der Waals surface area contributed by atoms with E-state index in [4.69, 9.17) is 11.6 Å². The first-order chi connectivity index (χ1) is 8.70. The van der Waals surface area contributed by atoms with Gasteiger partial charge in [-0.3, -0.25) is 0 Å². The molecular weight excluding hydrogens is 248 g/mol. The van der Waals surface area contributed by atoms with Crippen LogP contribution in [0.25, 0.3) is 0 Å². The van der Waals surface area contributed by atoms with E-state index in [1.165, 1.54) is 12.8 Å². The molecule has 100 valence electrons.